The number of allylic oxidation sites excluding steroid dienone is 1. The summed E-state index contributed by atoms with van der Waals surface area (Å²) >= 11 is 0. The highest BCUT2D eigenvalue weighted by Crippen LogP contribution is 2.06. The summed E-state index contributed by atoms with van der Waals surface area (Å²) in [6.07, 6.45) is 5.24. The molecule has 0 radical (unpaired) electrons. The number of nitrogens with one attached hydrogen (secondary N) is 1. The van der Waals surface area contributed by atoms with Crippen LogP contribution in [0.2, 0.25) is 0 Å². The molecule has 0 unspecified atom stereocenters. The number of sulfone groups is 1. The Morgan fingerprint density at radius 3 is 2.87 bits per heavy atom. The maximum Gasteiger partial charge on any atom is 0.187 e. The normalized spacial score (nSPS) is 11.9. The predicted octanol–water partition coefficient (Wildman–Crippen LogP) is 0.903. The first-order valence-corrected chi connectivity index (χ1v) is 5.90. The molecule has 1 heterocycles. The second kappa shape index (κ2) is 4.57. The molecule has 0 spiro atoms. The van der Waals surface area contributed by atoms with Crippen LogP contribution in [0.5, 0.6) is 0 Å². The lowest BCUT2D eigenvalue weighted by Gasteiger charge is -1.99. The molecule has 0 aliphatic rings. The molecule has 0 aromatic carbocycles. The minimum absolute atomic E-state index is 0.314. The summed E-state index contributed by atoms with van der Waals surface area (Å²) in [7, 11) is -3.47. The van der Waals surface area contributed by atoms with Crippen LogP contribution in [0.4, 0.5) is 5.69 Å². The zero-order valence-corrected chi connectivity index (χ0v) is 8.82. The molecule has 0 aliphatic heterocycles. The number of nitrogens with zero attached hydrogens (tertiary/aromatic N) is 2. The van der Waals surface area contributed by atoms with Crippen molar-refractivity contribution < 1.29 is 8.42 Å². The molecule has 6 heteroatoms. The summed E-state index contributed by atoms with van der Waals surface area (Å²) in [5.41, 5.74) is 0.619. The standard InChI is InChI=1S/C9H9N3O2S/c1-15(13,14)9(5-10)7-12-8-3-2-4-11-6-8/h2-4,6-7,12H,1H3. The first-order valence-electron chi connectivity index (χ1n) is 4.01. The minimum Gasteiger partial charge on any atom is -0.359 e. The van der Waals surface area contributed by atoms with Gasteiger partial charge in [0.2, 0.25) is 0 Å². The molecular formula is C9H9N3O2S. The van der Waals surface area contributed by atoms with Crippen molar-refractivity contribution in [3.8, 4) is 6.07 Å². The molecule has 78 valence electrons. The van der Waals surface area contributed by atoms with Crippen LogP contribution >= 0.6 is 0 Å². The number of anilines is 1. The van der Waals surface area contributed by atoms with Gasteiger partial charge in [-0.25, -0.2) is 8.42 Å². The molecule has 0 saturated heterocycles. The Kier molecular flexibility index (Phi) is 3.42. The van der Waals surface area contributed by atoms with Gasteiger partial charge in [-0.2, -0.15) is 5.26 Å². The van der Waals surface area contributed by atoms with E-state index in [0.717, 1.165) is 12.5 Å². The first kappa shape index (κ1) is 11.2. The molecule has 0 bridgehead atoms. The summed E-state index contributed by atoms with van der Waals surface area (Å²) < 4.78 is 22.1. The molecule has 1 rings (SSSR count). The smallest absolute Gasteiger partial charge is 0.187 e. The van der Waals surface area contributed by atoms with Crippen molar-refractivity contribution in [1.29, 1.82) is 5.26 Å². The van der Waals surface area contributed by atoms with Crippen LogP contribution in [0.15, 0.2) is 35.6 Å². The Morgan fingerprint density at radius 2 is 2.40 bits per heavy atom. The van der Waals surface area contributed by atoms with Crippen LogP contribution in [-0.2, 0) is 9.84 Å². The van der Waals surface area contributed by atoms with Crippen molar-refractivity contribution in [3.63, 3.8) is 0 Å². The van der Waals surface area contributed by atoms with Crippen LogP contribution in [-0.4, -0.2) is 19.7 Å². The Labute approximate surface area is 88.0 Å². The lowest BCUT2D eigenvalue weighted by atomic mass is 10.4. The maximum absolute atomic E-state index is 11.0. The largest absolute Gasteiger partial charge is 0.359 e. The summed E-state index contributed by atoms with van der Waals surface area (Å²) in [5.74, 6) is 0. The maximum atomic E-state index is 11.0. The molecule has 1 N–H and O–H groups in total. The van der Waals surface area contributed by atoms with Crippen LogP contribution in [0.1, 0.15) is 0 Å². The van der Waals surface area contributed by atoms with E-state index < -0.39 is 9.84 Å². The van der Waals surface area contributed by atoms with Gasteiger partial charge in [-0.05, 0) is 12.1 Å². The minimum atomic E-state index is -3.47. The summed E-state index contributed by atoms with van der Waals surface area (Å²) in [4.78, 5) is 3.51. The third-order valence-corrected chi connectivity index (χ3v) is 2.55. The highest BCUT2D eigenvalue weighted by molar-refractivity contribution is 7.94. The van der Waals surface area contributed by atoms with Crippen molar-refractivity contribution >= 4 is 15.5 Å². The van der Waals surface area contributed by atoms with Crippen LogP contribution in [0, 0.1) is 11.3 Å². The lowest BCUT2D eigenvalue weighted by Crippen LogP contribution is -2.01. The van der Waals surface area contributed by atoms with Crippen LogP contribution < -0.4 is 5.32 Å². The summed E-state index contributed by atoms with van der Waals surface area (Å²) in [6.45, 7) is 0. The Morgan fingerprint density at radius 1 is 1.67 bits per heavy atom. The predicted molar refractivity (Wildman–Crippen MR) is 56.4 cm³/mol. The second-order valence-electron chi connectivity index (χ2n) is 2.78. The van der Waals surface area contributed by atoms with Crippen LogP contribution in [0.3, 0.4) is 0 Å². The van der Waals surface area contributed by atoms with E-state index in [9.17, 15) is 8.42 Å². The third kappa shape index (κ3) is 3.40. The number of rotatable bonds is 3. The van der Waals surface area contributed by atoms with E-state index in [1.807, 2.05) is 0 Å². The third-order valence-electron chi connectivity index (χ3n) is 1.54. The van der Waals surface area contributed by atoms with Gasteiger partial charge in [0.05, 0.1) is 11.9 Å². The van der Waals surface area contributed by atoms with Crippen molar-refractivity contribution in [1.82, 2.24) is 4.98 Å². The molecule has 0 amide bonds. The SMILES string of the molecule is CS(=O)(=O)C(C#N)=CNc1cccnc1. The van der Waals surface area contributed by atoms with Gasteiger partial charge >= 0.3 is 0 Å². The van der Waals surface area contributed by atoms with E-state index in [-0.39, 0.29) is 4.91 Å². The number of aromatic nitrogens is 1. The van der Waals surface area contributed by atoms with E-state index in [2.05, 4.69) is 10.3 Å². The Hall–Kier alpha value is -1.87. The average molecular weight is 223 g/mol. The topological polar surface area (TPSA) is 82.8 Å². The van der Waals surface area contributed by atoms with E-state index in [4.69, 9.17) is 5.26 Å². The van der Waals surface area contributed by atoms with Gasteiger partial charge in [0.1, 0.15) is 6.07 Å². The highest BCUT2D eigenvalue weighted by atomic mass is 32.2. The zero-order valence-electron chi connectivity index (χ0n) is 8.01. The molecular weight excluding hydrogens is 214 g/mol. The molecule has 0 saturated carbocycles. The van der Waals surface area contributed by atoms with Crippen molar-refractivity contribution in [2.45, 2.75) is 0 Å². The average Bonchev–Trinajstić information content (AvgIpc) is 2.18. The molecule has 15 heavy (non-hydrogen) atoms. The fourth-order valence-corrected chi connectivity index (χ4v) is 1.26. The molecule has 1 aromatic rings. The van der Waals surface area contributed by atoms with Gasteiger partial charge in [0, 0.05) is 18.7 Å². The highest BCUT2D eigenvalue weighted by Gasteiger charge is 2.09. The van der Waals surface area contributed by atoms with Crippen molar-refractivity contribution in [2.24, 2.45) is 0 Å². The van der Waals surface area contributed by atoms with E-state index in [1.54, 1.807) is 24.4 Å². The summed E-state index contributed by atoms with van der Waals surface area (Å²) in [5, 5.41) is 11.3. The monoisotopic (exact) mass is 223 g/mol. The molecule has 5 nitrogen and oxygen atoms in total. The van der Waals surface area contributed by atoms with Crippen molar-refractivity contribution in [3.05, 3.63) is 35.6 Å². The second-order valence-corrected chi connectivity index (χ2v) is 4.76. The lowest BCUT2D eigenvalue weighted by molar-refractivity contribution is 0.608. The number of nitriles is 1. The van der Waals surface area contributed by atoms with Gasteiger partial charge in [-0.3, -0.25) is 4.98 Å². The van der Waals surface area contributed by atoms with Gasteiger partial charge in [0.15, 0.2) is 14.7 Å². The number of hydrogen-bond acceptors (Lipinski definition) is 5. The first-order chi connectivity index (χ1) is 7.04. The van der Waals surface area contributed by atoms with Gasteiger partial charge in [-0.15, -0.1) is 0 Å². The van der Waals surface area contributed by atoms with Gasteiger partial charge in [-0.1, -0.05) is 0 Å². The summed E-state index contributed by atoms with van der Waals surface area (Å²) in [6, 6.07) is 5.01. The Bertz CT molecular complexity index is 500. The molecule has 0 atom stereocenters. The number of pyridine rings is 1. The number of hydrogen-bond donors (Lipinski definition) is 1. The molecule has 0 aliphatic carbocycles. The van der Waals surface area contributed by atoms with Crippen molar-refractivity contribution in [2.75, 3.05) is 11.6 Å². The van der Waals surface area contributed by atoms with E-state index in [1.165, 1.54) is 6.20 Å². The zero-order chi connectivity index (χ0) is 11.3. The Balaban J connectivity index is 2.87. The van der Waals surface area contributed by atoms with E-state index in [0.29, 0.717) is 5.69 Å². The quantitative estimate of drug-likeness (QED) is 0.770. The fourth-order valence-electron chi connectivity index (χ4n) is 0.819. The molecule has 0 fully saturated rings. The fraction of sp³-hybridized carbons (Fsp3) is 0.111. The van der Waals surface area contributed by atoms with Crippen LogP contribution in [0.25, 0.3) is 0 Å². The molecule has 1 aromatic heterocycles. The van der Waals surface area contributed by atoms with Gasteiger partial charge < -0.3 is 5.32 Å². The van der Waals surface area contributed by atoms with Gasteiger partial charge in [0.25, 0.3) is 0 Å². The van der Waals surface area contributed by atoms with E-state index >= 15 is 0 Å².